The molecule has 2 aromatic carbocycles. The van der Waals surface area contributed by atoms with Crippen LogP contribution in [0.25, 0.3) is 0 Å². The fourth-order valence-electron chi connectivity index (χ4n) is 3.06. The summed E-state index contributed by atoms with van der Waals surface area (Å²) in [6.07, 6.45) is -0.0789. The summed E-state index contributed by atoms with van der Waals surface area (Å²) in [6, 6.07) is 11.7. The number of nitrogens with zero attached hydrogens (tertiary/aromatic N) is 1. The predicted octanol–water partition coefficient (Wildman–Crippen LogP) is 3.20. The molecule has 0 saturated carbocycles. The van der Waals surface area contributed by atoms with Gasteiger partial charge in [-0.15, -0.1) is 0 Å². The first-order valence-corrected chi connectivity index (χ1v) is 8.05. The van der Waals surface area contributed by atoms with E-state index in [1.165, 1.54) is 12.0 Å². The Hall–Kier alpha value is -2.95. The van der Waals surface area contributed by atoms with Crippen LogP contribution in [-0.4, -0.2) is 29.8 Å². The van der Waals surface area contributed by atoms with Gasteiger partial charge in [0.1, 0.15) is 0 Å². The van der Waals surface area contributed by atoms with Crippen LogP contribution in [0.5, 0.6) is 0 Å². The lowest BCUT2D eigenvalue weighted by Gasteiger charge is -2.26. The first-order chi connectivity index (χ1) is 11.9. The molecule has 0 N–H and O–H groups in total. The highest BCUT2D eigenvalue weighted by Gasteiger charge is 2.41. The third-order valence-corrected chi connectivity index (χ3v) is 4.64. The van der Waals surface area contributed by atoms with Gasteiger partial charge in [0, 0.05) is 0 Å². The van der Waals surface area contributed by atoms with Gasteiger partial charge in [0.2, 0.25) is 0 Å². The van der Waals surface area contributed by atoms with Crippen molar-refractivity contribution in [3.05, 3.63) is 70.3 Å². The Kier molecular flexibility index (Phi) is 4.40. The van der Waals surface area contributed by atoms with Gasteiger partial charge in [0.05, 0.1) is 30.7 Å². The maximum absolute atomic E-state index is 12.8. The number of ether oxygens (including phenoxy) is 1. The number of carbonyl (C=O) groups is 3. The van der Waals surface area contributed by atoms with Gasteiger partial charge >= 0.3 is 5.97 Å². The first-order valence-electron chi connectivity index (χ1n) is 8.05. The van der Waals surface area contributed by atoms with Gasteiger partial charge in [0.15, 0.2) is 0 Å². The van der Waals surface area contributed by atoms with Crippen LogP contribution >= 0.6 is 0 Å². The summed E-state index contributed by atoms with van der Waals surface area (Å²) in [5, 5.41) is 0. The molecule has 3 rings (SSSR count). The van der Waals surface area contributed by atoms with Gasteiger partial charge in [-0.25, -0.2) is 0 Å². The normalized spacial score (nSPS) is 14.4. The SMILES string of the molecule is COC(=O)CC(c1ccc(C)c(C)c1)N1C(=O)c2ccccc2C1=O. The monoisotopic (exact) mass is 337 g/mol. The lowest BCUT2D eigenvalue weighted by molar-refractivity contribution is -0.141. The van der Waals surface area contributed by atoms with E-state index in [0.29, 0.717) is 11.1 Å². The molecule has 0 saturated heterocycles. The van der Waals surface area contributed by atoms with E-state index >= 15 is 0 Å². The zero-order chi connectivity index (χ0) is 18.1. The average Bonchev–Trinajstić information content (AvgIpc) is 2.87. The maximum Gasteiger partial charge on any atom is 0.307 e. The molecular weight excluding hydrogens is 318 g/mol. The second kappa shape index (κ2) is 6.51. The molecule has 0 fully saturated rings. The number of amides is 2. The molecule has 0 spiro atoms. The number of hydrogen-bond acceptors (Lipinski definition) is 4. The molecule has 0 bridgehead atoms. The van der Waals surface area contributed by atoms with Crippen LogP contribution in [0.15, 0.2) is 42.5 Å². The van der Waals surface area contributed by atoms with Crippen molar-refractivity contribution in [1.29, 1.82) is 0 Å². The Labute approximate surface area is 146 Å². The van der Waals surface area contributed by atoms with Crippen molar-refractivity contribution in [1.82, 2.24) is 4.90 Å². The summed E-state index contributed by atoms with van der Waals surface area (Å²) in [4.78, 5) is 38.7. The third-order valence-electron chi connectivity index (χ3n) is 4.64. The van der Waals surface area contributed by atoms with E-state index < -0.39 is 12.0 Å². The minimum atomic E-state index is -0.695. The van der Waals surface area contributed by atoms with Gasteiger partial charge in [-0.2, -0.15) is 0 Å². The van der Waals surface area contributed by atoms with Gasteiger partial charge in [-0.3, -0.25) is 19.3 Å². The Morgan fingerprint density at radius 2 is 1.60 bits per heavy atom. The summed E-state index contributed by atoms with van der Waals surface area (Å²) >= 11 is 0. The highest BCUT2D eigenvalue weighted by atomic mass is 16.5. The standard InChI is InChI=1S/C20H19NO4/c1-12-8-9-14(10-13(12)2)17(11-18(22)25-3)21-19(23)15-6-4-5-7-16(15)20(21)24/h4-10,17H,11H2,1-3H3. The summed E-state index contributed by atoms with van der Waals surface area (Å²) in [5.74, 6) is -1.24. The first kappa shape index (κ1) is 16.9. The van der Waals surface area contributed by atoms with E-state index in [0.717, 1.165) is 16.7 Å². The van der Waals surface area contributed by atoms with E-state index in [9.17, 15) is 14.4 Å². The quantitative estimate of drug-likeness (QED) is 0.635. The molecule has 5 heteroatoms. The number of carbonyl (C=O) groups excluding carboxylic acids is 3. The summed E-state index contributed by atoms with van der Waals surface area (Å²) in [6.45, 7) is 3.94. The molecule has 1 aliphatic heterocycles. The lowest BCUT2D eigenvalue weighted by Crippen LogP contribution is -2.35. The molecule has 1 heterocycles. The minimum Gasteiger partial charge on any atom is -0.469 e. The van der Waals surface area contributed by atoms with Gasteiger partial charge in [-0.05, 0) is 42.7 Å². The molecule has 5 nitrogen and oxygen atoms in total. The number of methoxy groups -OCH3 is 1. The van der Waals surface area contributed by atoms with Crippen molar-refractivity contribution in [2.75, 3.05) is 7.11 Å². The molecule has 2 amide bonds. The molecular formula is C20H19NO4. The average molecular weight is 337 g/mol. The van der Waals surface area contributed by atoms with Crippen LogP contribution < -0.4 is 0 Å². The summed E-state index contributed by atoms with van der Waals surface area (Å²) < 4.78 is 4.78. The summed E-state index contributed by atoms with van der Waals surface area (Å²) in [7, 11) is 1.29. The van der Waals surface area contributed by atoms with E-state index in [4.69, 9.17) is 4.74 Å². The smallest absolute Gasteiger partial charge is 0.307 e. The number of rotatable bonds is 4. The Balaban J connectivity index is 2.06. The number of benzene rings is 2. The molecule has 1 unspecified atom stereocenters. The largest absolute Gasteiger partial charge is 0.469 e. The summed E-state index contributed by atoms with van der Waals surface area (Å²) in [5.41, 5.74) is 3.60. The predicted molar refractivity (Wildman–Crippen MR) is 92.2 cm³/mol. The number of fused-ring (bicyclic) bond motifs is 1. The lowest BCUT2D eigenvalue weighted by atomic mass is 9.97. The number of imide groups is 1. The van der Waals surface area contributed by atoms with Gasteiger partial charge in [-0.1, -0.05) is 30.3 Å². The highest BCUT2D eigenvalue weighted by molar-refractivity contribution is 6.21. The Bertz CT molecular complexity index is 837. The van der Waals surface area contributed by atoms with E-state index in [2.05, 4.69) is 0 Å². The Morgan fingerprint density at radius 3 is 2.12 bits per heavy atom. The van der Waals surface area contributed by atoms with Crippen LogP contribution in [0.4, 0.5) is 0 Å². The van der Waals surface area contributed by atoms with Gasteiger partial charge < -0.3 is 4.74 Å². The van der Waals surface area contributed by atoms with Crippen LogP contribution in [0.2, 0.25) is 0 Å². The van der Waals surface area contributed by atoms with Crippen molar-refractivity contribution in [2.24, 2.45) is 0 Å². The molecule has 2 aromatic rings. The molecule has 0 radical (unpaired) electrons. The van der Waals surface area contributed by atoms with E-state index in [-0.39, 0.29) is 18.2 Å². The van der Waals surface area contributed by atoms with Gasteiger partial charge in [0.25, 0.3) is 11.8 Å². The maximum atomic E-state index is 12.8. The number of hydrogen-bond donors (Lipinski definition) is 0. The van der Waals surface area contributed by atoms with Crippen LogP contribution in [0.3, 0.4) is 0 Å². The zero-order valence-corrected chi connectivity index (χ0v) is 14.4. The van der Waals surface area contributed by atoms with Crippen molar-refractivity contribution in [3.63, 3.8) is 0 Å². The molecule has 1 atom stereocenters. The van der Waals surface area contributed by atoms with Crippen molar-refractivity contribution in [3.8, 4) is 0 Å². The molecule has 1 aliphatic rings. The minimum absolute atomic E-state index is 0.0789. The topological polar surface area (TPSA) is 63.7 Å². The molecule has 0 aliphatic carbocycles. The fraction of sp³-hybridized carbons (Fsp3) is 0.250. The second-order valence-corrected chi connectivity index (χ2v) is 6.17. The fourth-order valence-corrected chi connectivity index (χ4v) is 3.06. The van der Waals surface area contributed by atoms with Crippen molar-refractivity contribution in [2.45, 2.75) is 26.3 Å². The third kappa shape index (κ3) is 2.93. The zero-order valence-electron chi connectivity index (χ0n) is 14.4. The number of esters is 1. The van der Waals surface area contributed by atoms with Crippen LogP contribution in [0.1, 0.15) is 49.9 Å². The molecule has 0 aromatic heterocycles. The molecule has 25 heavy (non-hydrogen) atoms. The van der Waals surface area contributed by atoms with Crippen LogP contribution in [0, 0.1) is 13.8 Å². The van der Waals surface area contributed by atoms with E-state index in [1.54, 1.807) is 24.3 Å². The Morgan fingerprint density at radius 1 is 1.00 bits per heavy atom. The van der Waals surface area contributed by atoms with Crippen molar-refractivity contribution < 1.29 is 19.1 Å². The second-order valence-electron chi connectivity index (χ2n) is 6.17. The van der Waals surface area contributed by atoms with Crippen LogP contribution in [-0.2, 0) is 9.53 Å². The van der Waals surface area contributed by atoms with Crippen molar-refractivity contribution >= 4 is 17.8 Å². The molecule has 128 valence electrons. The number of aryl methyl sites for hydroxylation is 2. The van der Waals surface area contributed by atoms with E-state index in [1.807, 2.05) is 32.0 Å². The highest BCUT2D eigenvalue weighted by Crippen LogP contribution is 2.34.